The van der Waals surface area contributed by atoms with Crippen LogP contribution in [0.2, 0.25) is 0 Å². The lowest BCUT2D eigenvalue weighted by Crippen LogP contribution is -2.63. The van der Waals surface area contributed by atoms with Crippen molar-refractivity contribution in [1.29, 1.82) is 0 Å². The fraction of sp³-hybridized carbons (Fsp3) is 0.944. The van der Waals surface area contributed by atoms with Crippen LogP contribution < -0.4 is 11.1 Å². The summed E-state index contributed by atoms with van der Waals surface area (Å²) < 4.78 is 5.52. The normalized spacial score (nSPS) is 28.2. The van der Waals surface area contributed by atoms with Gasteiger partial charge in [0.05, 0.1) is 18.8 Å². The first-order valence-electron chi connectivity index (χ1n) is 9.55. The van der Waals surface area contributed by atoms with Crippen molar-refractivity contribution in [1.82, 2.24) is 10.2 Å². The molecule has 23 heavy (non-hydrogen) atoms. The zero-order chi connectivity index (χ0) is 16.2. The molecule has 0 aromatic heterocycles. The van der Waals surface area contributed by atoms with Crippen LogP contribution in [0.3, 0.4) is 0 Å². The minimum atomic E-state index is -0.626. The number of carbonyl (C=O) groups excluding carboxylic acids is 1. The average Bonchev–Trinajstić information content (AvgIpc) is 2.62. The quantitative estimate of drug-likeness (QED) is 0.828. The fourth-order valence-electron chi connectivity index (χ4n) is 4.68. The predicted octanol–water partition coefficient (Wildman–Crippen LogP) is 1.80. The molecule has 1 saturated heterocycles. The van der Waals surface area contributed by atoms with Crippen molar-refractivity contribution in [2.75, 3.05) is 32.8 Å². The summed E-state index contributed by atoms with van der Waals surface area (Å²) in [5.41, 5.74) is 5.90. The molecule has 0 aromatic carbocycles. The van der Waals surface area contributed by atoms with Gasteiger partial charge in [-0.15, -0.1) is 0 Å². The van der Waals surface area contributed by atoms with E-state index in [0.29, 0.717) is 0 Å². The molecule has 0 unspecified atom stereocenters. The number of ether oxygens (including phenoxy) is 1. The van der Waals surface area contributed by atoms with Gasteiger partial charge in [0.25, 0.3) is 0 Å². The van der Waals surface area contributed by atoms with Crippen LogP contribution in [-0.2, 0) is 9.53 Å². The van der Waals surface area contributed by atoms with Gasteiger partial charge in [0.1, 0.15) is 0 Å². The molecule has 5 nitrogen and oxygen atoms in total. The number of carbonyl (C=O) groups is 1. The molecular weight excluding hydrogens is 290 g/mol. The summed E-state index contributed by atoms with van der Waals surface area (Å²) >= 11 is 0. The van der Waals surface area contributed by atoms with Gasteiger partial charge in [0.2, 0.25) is 5.91 Å². The van der Waals surface area contributed by atoms with Crippen LogP contribution in [0.5, 0.6) is 0 Å². The Labute approximate surface area is 140 Å². The first-order chi connectivity index (χ1) is 11.1. The van der Waals surface area contributed by atoms with Gasteiger partial charge in [-0.1, -0.05) is 38.5 Å². The minimum absolute atomic E-state index is 0.0791. The monoisotopic (exact) mass is 323 g/mol. The number of hydrogen-bond donors (Lipinski definition) is 2. The smallest absolute Gasteiger partial charge is 0.240 e. The van der Waals surface area contributed by atoms with Crippen LogP contribution in [0.1, 0.15) is 64.2 Å². The van der Waals surface area contributed by atoms with Crippen molar-refractivity contribution >= 4 is 5.91 Å². The first kappa shape index (κ1) is 17.2. The summed E-state index contributed by atoms with van der Waals surface area (Å²) in [5, 5.41) is 3.25. The summed E-state index contributed by atoms with van der Waals surface area (Å²) in [6, 6.07) is 0. The first-order valence-corrected chi connectivity index (χ1v) is 9.55. The van der Waals surface area contributed by atoms with Crippen LogP contribution >= 0.6 is 0 Å². The summed E-state index contributed by atoms with van der Waals surface area (Å²) in [4.78, 5) is 15.3. The molecule has 1 aliphatic heterocycles. The maximum atomic E-state index is 12.7. The van der Waals surface area contributed by atoms with Gasteiger partial charge in [0, 0.05) is 25.2 Å². The summed E-state index contributed by atoms with van der Waals surface area (Å²) in [6.45, 7) is 4.37. The highest BCUT2D eigenvalue weighted by Gasteiger charge is 2.41. The van der Waals surface area contributed by atoms with Gasteiger partial charge < -0.3 is 15.8 Å². The predicted molar refractivity (Wildman–Crippen MR) is 91.2 cm³/mol. The fourth-order valence-corrected chi connectivity index (χ4v) is 4.68. The van der Waals surface area contributed by atoms with E-state index in [2.05, 4.69) is 10.2 Å². The second-order valence-electron chi connectivity index (χ2n) is 7.78. The van der Waals surface area contributed by atoms with E-state index in [1.165, 1.54) is 38.5 Å². The summed E-state index contributed by atoms with van der Waals surface area (Å²) in [6.07, 6.45) is 11.3. The van der Waals surface area contributed by atoms with Crippen LogP contribution in [0.25, 0.3) is 0 Å². The van der Waals surface area contributed by atoms with Crippen LogP contribution in [0.15, 0.2) is 0 Å². The Morgan fingerprint density at radius 2 is 1.52 bits per heavy atom. The molecule has 0 bridgehead atoms. The largest absolute Gasteiger partial charge is 0.379 e. The molecule has 0 radical (unpaired) electrons. The van der Waals surface area contributed by atoms with E-state index in [9.17, 15) is 4.79 Å². The number of amides is 1. The Morgan fingerprint density at radius 3 is 2.13 bits per heavy atom. The Kier molecular flexibility index (Phi) is 5.60. The highest BCUT2D eigenvalue weighted by atomic mass is 16.5. The number of morpholine rings is 1. The van der Waals surface area contributed by atoms with Crippen LogP contribution in [0.4, 0.5) is 0 Å². The van der Waals surface area contributed by atoms with Gasteiger partial charge in [-0.2, -0.15) is 0 Å². The maximum absolute atomic E-state index is 12.7. The van der Waals surface area contributed by atoms with E-state index in [1.54, 1.807) is 0 Å². The number of rotatable bonds is 4. The zero-order valence-electron chi connectivity index (χ0n) is 14.4. The highest BCUT2D eigenvalue weighted by molar-refractivity contribution is 5.86. The number of nitrogens with two attached hydrogens (primary N) is 1. The van der Waals surface area contributed by atoms with Crippen molar-refractivity contribution < 1.29 is 9.53 Å². The average molecular weight is 323 g/mol. The molecule has 3 rings (SSSR count). The number of hydrogen-bond acceptors (Lipinski definition) is 4. The summed E-state index contributed by atoms with van der Waals surface area (Å²) in [5.74, 6) is 0.0791. The van der Waals surface area contributed by atoms with Crippen molar-refractivity contribution in [3.05, 3.63) is 0 Å². The standard InChI is InChI=1S/C18H33N3O2/c19-18(9-5-2-6-10-18)16(22)20-15-17(7-3-1-4-8-17)21-11-13-23-14-12-21/h1-15,19H2,(H,20,22). The van der Waals surface area contributed by atoms with Crippen molar-refractivity contribution in [2.45, 2.75) is 75.3 Å². The molecule has 3 aliphatic rings. The second-order valence-corrected chi connectivity index (χ2v) is 7.78. The topological polar surface area (TPSA) is 67.6 Å². The molecule has 2 aliphatic carbocycles. The third-order valence-electron chi connectivity index (χ3n) is 6.24. The second kappa shape index (κ2) is 7.49. The van der Waals surface area contributed by atoms with E-state index in [1.807, 2.05) is 0 Å². The molecule has 132 valence electrons. The zero-order valence-corrected chi connectivity index (χ0v) is 14.4. The van der Waals surface area contributed by atoms with E-state index in [4.69, 9.17) is 10.5 Å². The molecule has 0 aromatic rings. The maximum Gasteiger partial charge on any atom is 0.240 e. The lowest BCUT2D eigenvalue weighted by molar-refractivity contribution is -0.128. The Morgan fingerprint density at radius 1 is 0.957 bits per heavy atom. The van der Waals surface area contributed by atoms with Crippen LogP contribution in [-0.4, -0.2) is 54.7 Å². The van der Waals surface area contributed by atoms with Crippen LogP contribution in [0, 0.1) is 0 Å². The SMILES string of the molecule is NC1(C(=O)NCC2(N3CCOCC3)CCCCC2)CCCCC1. The molecule has 3 fully saturated rings. The van der Waals surface area contributed by atoms with E-state index >= 15 is 0 Å². The van der Waals surface area contributed by atoms with Crippen molar-refractivity contribution in [3.8, 4) is 0 Å². The molecule has 3 N–H and O–H groups in total. The van der Waals surface area contributed by atoms with Crippen molar-refractivity contribution in [3.63, 3.8) is 0 Å². The Bertz CT molecular complexity index is 395. The third kappa shape index (κ3) is 3.89. The van der Waals surface area contributed by atoms with Gasteiger partial charge >= 0.3 is 0 Å². The third-order valence-corrected chi connectivity index (χ3v) is 6.24. The van der Waals surface area contributed by atoms with E-state index in [0.717, 1.165) is 58.5 Å². The molecule has 5 heteroatoms. The van der Waals surface area contributed by atoms with E-state index in [-0.39, 0.29) is 11.4 Å². The molecule has 0 spiro atoms. The van der Waals surface area contributed by atoms with Gasteiger partial charge in [-0.3, -0.25) is 9.69 Å². The molecule has 1 heterocycles. The van der Waals surface area contributed by atoms with E-state index < -0.39 is 5.54 Å². The molecule has 0 atom stereocenters. The van der Waals surface area contributed by atoms with Crippen molar-refractivity contribution in [2.24, 2.45) is 5.73 Å². The number of nitrogens with one attached hydrogen (secondary N) is 1. The lowest BCUT2D eigenvalue weighted by Gasteiger charge is -2.48. The summed E-state index contributed by atoms with van der Waals surface area (Å²) in [7, 11) is 0. The highest BCUT2D eigenvalue weighted by Crippen LogP contribution is 2.34. The van der Waals surface area contributed by atoms with Gasteiger partial charge in [-0.05, 0) is 25.7 Å². The lowest BCUT2D eigenvalue weighted by atomic mass is 9.78. The van der Waals surface area contributed by atoms with Gasteiger partial charge in [-0.25, -0.2) is 0 Å². The number of nitrogens with zero attached hydrogens (tertiary/aromatic N) is 1. The van der Waals surface area contributed by atoms with Gasteiger partial charge in [0.15, 0.2) is 0 Å². The minimum Gasteiger partial charge on any atom is -0.379 e. The molecular formula is C18H33N3O2. The molecule has 2 saturated carbocycles. The Balaban J connectivity index is 1.63. The molecule has 1 amide bonds. The Hall–Kier alpha value is -0.650.